The number of carbonyl (C=O) groups is 2. The molecule has 0 radical (unpaired) electrons. The molecule has 27 heavy (non-hydrogen) atoms. The SMILES string of the molecule is COC(=O)c1c(C)[nH]c(C(=O)[C@H](C)N2CCN(c3ccccn3)CC2)c1C. The Labute approximate surface area is 159 Å². The van der Waals surface area contributed by atoms with Crippen LogP contribution in [0, 0.1) is 13.8 Å². The normalized spacial score (nSPS) is 16.2. The number of methoxy groups -OCH3 is 1. The molecular weight excluding hydrogens is 344 g/mol. The lowest BCUT2D eigenvalue weighted by atomic mass is 10.0. The first-order valence-corrected chi connectivity index (χ1v) is 9.15. The van der Waals surface area contributed by atoms with E-state index in [1.165, 1.54) is 7.11 Å². The van der Waals surface area contributed by atoms with Crippen LogP contribution in [-0.2, 0) is 4.74 Å². The Morgan fingerprint density at radius 2 is 1.89 bits per heavy atom. The third-order valence-electron chi connectivity index (χ3n) is 5.29. The van der Waals surface area contributed by atoms with E-state index in [-0.39, 0.29) is 11.8 Å². The summed E-state index contributed by atoms with van der Waals surface area (Å²) < 4.78 is 4.83. The molecule has 0 amide bonds. The van der Waals surface area contributed by atoms with Crippen molar-refractivity contribution in [3.63, 3.8) is 0 Å². The number of esters is 1. The van der Waals surface area contributed by atoms with Gasteiger partial charge in [-0.25, -0.2) is 9.78 Å². The quantitative estimate of drug-likeness (QED) is 0.642. The number of hydrogen-bond acceptors (Lipinski definition) is 6. The Kier molecular flexibility index (Phi) is 5.60. The summed E-state index contributed by atoms with van der Waals surface area (Å²) in [5, 5.41) is 0. The van der Waals surface area contributed by atoms with Gasteiger partial charge in [-0.2, -0.15) is 0 Å². The summed E-state index contributed by atoms with van der Waals surface area (Å²) in [6, 6.07) is 5.63. The molecule has 3 rings (SSSR count). The molecule has 0 aliphatic carbocycles. The van der Waals surface area contributed by atoms with Gasteiger partial charge in [0.25, 0.3) is 0 Å². The van der Waals surface area contributed by atoms with Gasteiger partial charge in [0.05, 0.1) is 24.4 Å². The van der Waals surface area contributed by atoms with Crippen LogP contribution in [0.15, 0.2) is 24.4 Å². The molecule has 0 saturated carbocycles. The van der Waals surface area contributed by atoms with E-state index in [2.05, 4.69) is 19.8 Å². The van der Waals surface area contributed by atoms with Gasteiger partial charge in [-0.3, -0.25) is 9.69 Å². The standard InChI is InChI=1S/C20H26N4O3/c1-13-17(20(26)27-4)14(2)22-18(13)19(25)15(3)23-9-11-24(12-10-23)16-7-5-6-8-21-16/h5-8,15,22H,9-12H2,1-4H3/t15-/m0/s1. The van der Waals surface area contributed by atoms with Gasteiger partial charge in [0.15, 0.2) is 5.78 Å². The summed E-state index contributed by atoms with van der Waals surface area (Å²) in [6.45, 7) is 8.71. The van der Waals surface area contributed by atoms with Crippen LogP contribution in [0.2, 0.25) is 0 Å². The van der Waals surface area contributed by atoms with E-state index in [1.54, 1.807) is 20.0 Å². The smallest absolute Gasteiger partial charge is 0.339 e. The van der Waals surface area contributed by atoms with Gasteiger partial charge < -0.3 is 14.6 Å². The number of ketones is 1. The second-order valence-corrected chi connectivity index (χ2v) is 6.87. The fourth-order valence-electron chi connectivity index (χ4n) is 3.66. The maximum Gasteiger partial charge on any atom is 0.339 e. The number of nitrogens with zero attached hydrogens (tertiary/aromatic N) is 3. The minimum Gasteiger partial charge on any atom is -0.465 e. The van der Waals surface area contributed by atoms with Crippen molar-refractivity contribution < 1.29 is 14.3 Å². The minimum atomic E-state index is -0.420. The Hall–Kier alpha value is -2.67. The predicted molar refractivity (Wildman–Crippen MR) is 103 cm³/mol. The van der Waals surface area contributed by atoms with Gasteiger partial charge in [0.1, 0.15) is 5.82 Å². The van der Waals surface area contributed by atoms with Gasteiger partial charge >= 0.3 is 5.97 Å². The maximum absolute atomic E-state index is 13.0. The molecule has 2 aromatic heterocycles. The van der Waals surface area contributed by atoms with Gasteiger partial charge in [0.2, 0.25) is 0 Å². The molecular formula is C20H26N4O3. The lowest BCUT2D eigenvalue weighted by molar-refractivity contribution is 0.0599. The molecule has 3 heterocycles. The van der Waals surface area contributed by atoms with E-state index >= 15 is 0 Å². The largest absolute Gasteiger partial charge is 0.465 e. The van der Waals surface area contributed by atoms with E-state index in [1.807, 2.05) is 25.1 Å². The zero-order valence-electron chi connectivity index (χ0n) is 16.3. The zero-order valence-corrected chi connectivity index (χ0v) is 16.3. The molecule has 0 aromatic carbocycles. The van der Waals surface area contributed by atoms with E-state index < -0.39 is 5.97 Å². The fourth-order valence-corrected chi connectivity index (χ4v) is 3.66. The molecule has 7 nitrogen and oxygen atoms in total. The molecule has 1 atom stereocenters. The number of carbonyl (C=O) groups excluding carboxylic acids is 2. The number of pyridine rings is 1. The lowest BCUT2D eigenvalue weighted by Gasteiger charge is -2.38. The third kappa shape index (κ3) is 3.73. The summed E-state index contributed by atoms with van der Waals surface area (Å²) in [7, 11) is 1.35. The van der Waals surface area contributed by atoms with Crippen LogP contribution in [0.1, 0.15) is 39.0 Å². The second kappa shape index (κ2) is 7.92. The van der Waals surface area contributed by atoms with E-state index in [0.29, 0.717) is 22.5 Å². The van der Waals surface area contributed by atoms with Gasteiger partial charge in [-0.15, -0.1) is 0 Å². The molecule has 144 valence electrons. The molecule has 1 saturated heterocycles. The summed E-state index contributed by atoms with van der Waals surface area (Å²) in [6.07, 6.45) is 1.79. The number of ether oxygens (including phenoxy) is 1. The second-order valence-electron chi connectivity index (χ2n) is 6.87. The topological polar surface area (TPSA) is 78.5 Å². The van der Waals surface area contributed by atoms with Gasteiger partial charge in [-0.1, -0.05) is 6.07 Å². The minimum absolute atomic E-state index is 0.00274. The van der Waals surface area contributed by atoms with Crippen molar-refractivity contribution in [2.75, 3.05) is 38.2 Å². The average molecular weight is 370 g/mol. The zero-order chi connectivity index (χ0) is 19.6. The van der Waals surface area contributed by atoms with Crippen molar-refractivity contribution in [3.8, 4) is 0 Å². The van der Waals surface area contributed by atoms with Crippen LogP contribution in [0.3, 0.4) is 0 Å². The Morgan fingerprint density at radius 3 is 2.48 bits per heavy atom. The van der Waals surface area contributed by atoms with Crippen LogP contribution in [0.5, 0.6) is 0 Å². The molecule has 0 unspecified atom stereocenters. The number of nitrogens with one attached hydrogen (secondary N) is 1. The molecule has 1 fully saturated rings. The number of aryl methyl sites for hydroxylation is 1. The number of anilines is 1. The Bertz CT molecular complexity index is 823. The molecule has 0 bridgehead atoms. The number of Topliss-reactive ketones (excluding diaryl/α,β-unsaturated/α-hetero) is 1. The summed E-state index contributed by atoms with van der Waals surface area (Å²) in [5.74, 6) is 0.545. The third-order valence-corrected chi connectivity index (χ3v) is 5.29. The average Bonchev–Trinajstić information content (AvgIpc) is 3.01. The molecule has 1 aliphatic rings. The number of hydrogen-bond donors (Lipinski definition) is 1. The number of aromatic amines is 1. The van der Waals surface area contributed by atoms with Crippen LogP contribution >= 0.6 is 0 Å². The first-order valence-electron chi connectivity index (χ1n) is 9.15. The molecule has 7 heteroatoms. The lowest BCUT2D eigenvalue weighted by Crippen LogP contribution is -2.52. The van der Waals surface area contributed by atoms with E-state index in [0.717, 1.165) is 32.0 Å². The van der Waals surface area contributed by atoms with Crippen molar-refractivity contribution in [3.05, 3.63) is 46.9 Å². The summed E-state index contributed by atoms with van der Waals surface area (Å²) >= 11 is 0. The molecule has 1 aliphatic heterocycles. The van der Waals surface area contributed by atoms with Crippen molar-refractivity contribution >= 4 is 17.6 Å². The predicted octanol–water partition coefficient (Wildman–Crippen LogP) is 2.21. The van der Waals surface area contributed by atoms with Gasteiger partial charge in [0, 0.05) is 38.1 Å². The number of H-pyrrole nitrogens is 1. The van der Waals surface area contributed by atoms with Crippen LogP contribution in [0.4, 0.5) is 5.82 Å². The van der Waals surface area contributed by atoms with E-state index in [4.69, 9.17) is 4.74 Å². The first kappa shape index (κ1) is 19.1. The molecule has 0 spiro atoms. The van der Waals surface area contributed by atoms with Crippen LogP contribution in [-0.4, -0.2) is 66.0 Å². The number of rotatable bonds is 5. The van der Waals surface area contributed by atoms with Crippen molar-refractivity contribution in [2.45, 2.75) is 26.8 Å². The highest BCUT2D eigenvalue weighted by Gasteiger charge is 2.30. The highest BCUT2D eigenvalue weighted by Crippen LogP contribution is 2.22. The molecule has 1 N–H and O–H groups in total. The van der Waals surface area contributed by atoms with Crippen molar-refractivity contribution in [1.29, 1.82) is 0 Å². The Balaban J connectivity index is 1.69. The Morgan fingerprint density at radius 1 is 1.19 bits per heavy atom. The highest BCUT2D eigenvalue weighted by molar-refractivity contribution is 6.03. The highest BCUT2D eigenvalue weighted by atomic mass is 16.5. The van der Waals surface area contributed by atoms with Crippen molar-refractivity contribution in [1.82, 2.24) is 14.9 Å². The first-order chi connectivity index (χ1) is 12.9. The fraction of sp³-hybridized carbons (Fsp3) is 0.450. The van der Waals surface area contributed by atoms with E-state index in [9.17, 15) is 9.59 Å². The summed E-state index contributed by atoms with van der Waals surface area (Å²) in [5.41, 5.74) is 2.26. The monoisotopic (exact) mass is 370 g/mol. The maximum atomic E-state index is 13.0. The summed E-state index contributed by atoms with van der Waals surface area (Å²) in [4.78, 5) is 36.9. The number of piperazine rings is 1. The van der Waals surface area contributed by atoms with Crippen LogP contribution < -0.4 is 4.90 Å². The van der Waals surface area contributed by atoms with Crippen molar-refractivity contribution in [2.24, 2.45) is 0 Å². The molecule has 2 aromatic rings. The van der Waals surface area contributed by atoms with Crippen LogP contribution in [0.25, 0.3) is 0 Å². The van der Waals surface area contributed by atoms with Gasteiger partial charge in [-0.05, 0) is 38.5 Å². The number of aromatic nitrogens is 2.